The van der Waals surface area contributed by atoms with E-state index in [1.165, 1.54) is 21.1 Å². The summed E-state index contributed by atoms with van der Waals surface area (Å²) in [6.45, 7) is 28.2. The molecule has 6 nitrogen and oxygen atoms in total. The Balaban J connectivity index is 1.49. The van der Waals surface area contributed by atoms with E-state index >= 15 is 0 Å². The summed E-state index contributed by atoms with van der Waals surface area (Å²) in [4.78, 5) is 2.34. The number of benzene rings is 2. The summed E-state index contributed by atoms with van der Waals surface area (Å²) < 4.78 is 40.1. The third-order valence-electron chi connectivity index (χ3n) is 8.71. The molecule has 0 saturated carbocycles. The van der Waals surface area contributed by atoms with Crippen LogP contribution in [0.3, 0.4) is 0 Å². The predicted octanol–water partition coefficient (Wildman–Crippen LogP) is 7.74. The van der Waals surface area contributed by atoms with Crippen molar-refractivity contribution in [1.29, 1.82) is 0 Å². The molecule has 2 atom stereocenters. The standard InChI is InChI=1S/C37H58IO6P2/c1-33(2,3)26-16-18-30(28(21-26)35(7,8)9)42-45-39-23-37(24-40-45)25-41-46(44-32(37)15-14-20-38-13)43-31-19-17-27(34(4,5)6)22-29(31)36(10,11)12/h16-19,21-22,32H,14-15,20,23-25H2,1-13H3/q-1. The molecule has 2 fully saturated rings. The second kappa shape index (κ2) is 14.8. The van der Waals surface area contributed by atoms with Gasteiger partial charge in [-0.3, -0.25) is 0 Å². The first kappa shape index (κ1) is 38.3. The molecule has 260 valence electrons. The van der Waals surface area contributed by atoms with Gasteiger partial charge in [0.1, 0.15) is 0 Å². The van der Waals surface area contributed by atoms with Crippen molar-refractivity contribution in [2.75, 3.05) is 29.2 Å². The van der Waals surface area contributed by atoms with Crippen molar-refractivity contribution in [2.45, 2.75) is 124 Å². The molecular formula is C37H58IO6P2-. The fourth-order valence-electron chi connectivity index (χ4n) is 5.57. The van der Waals surface area contributed by atoms with Crippen LogP contribution in [0.4, 0.5) is 0 Å². The Labute approximate surface area is 292 Å². The summed E-state index contributed by atoms with van der Waals surface area (Å²) in [5, 5.41) is 0. The van der Waals surface area contributed by atoms with Gasteiger partial charge in [-0.25, -0.2) is 0 Å². The Kier molecular flexibility index (Phi) is 12.3. The van der Waals surface area contributed by atoms with Crippen LogP contribution in [0.15, 0.2) is 36.4 Å². The fourth-order valence-corrected chi connectivity index (χ4v) is 9.38. The number of halogens is 1. The summed E-state index contributed by atoms with van der Waals surface area (Å²) in [6, 6.07) is 13.1. The van der Waals surface area contributed by atoms with Crippen molar-refractivity contribution in [3.8, 4) is 11.5 Å². The average molecular weight is 788 g/mol. The molecule has 0 aliphatic carbocycles. The molecule has 2 aliphatic rings. The molecule has 2 saturated heterocycles. The molecule has 2 heterocycles. The van der Waals surface area contributed by atoms with Crippen LogP contribution in [0.1, 0.15) is 118 Å². The molecule has 2 aromatic rings. The van der Waals surface area contributed by atoms with E-state index in [9.17, 15) is 0 Å². The molecule has 0 N–H and O–H groups in total. The van der Waals surface area contributed by atoms with Gasteiger partial charge < -0.3 is 0 Å². The number of hydrogen-bond acceptors (Lipinski definition) is 6. The Morgan fingerprint density at radius 2 is 1.11 bits per heavy atom. The second-order valence-corrected chi connectivity index (χ2v) is 21.8. The maximum absolute atomic E-state index is 6.70. The molecule has 0 bridgehead atoms. The second-order valence-electron chi connectivity index (χ2n) is 16.9. The van der Waals surface area contributed by atoms with Gasteiger partial charge in [0.15, 0.2) is 0 Å². The topological polar surface area (TPSA) is 55.4 Å². The summed E-state index contributed by atoms with van der Waals surface area (Å²) in [7, 11) is -3.12. The SMILES string of the molecule is C[I-]CCCC1OP(Oc2ccc(C(C)(C)C)cc2C(C)(C)C)OCC12COP(Oc1ccc(C(C)(C)C)cc1C(C)(C)C)OC2. The molecule has 0 radical (unpaired) electrons. The van der Waals surface area contributed by atoms with Crippen molar-refractivity contribution in [2.24, 2.45) is 5.41 Å². The molecule has 4 rings (SSSR count). The van der Waals surface area contributed by atoms with E-state index in [4.69, 9.17) is 27.1 Å². The summed E-state index contributed by atoms with van der Waals surface area (Å²) in [5.74, 6) is 1.66. The van der Waals surface area contributed by atoms with Gasteiger partial charge in [0.25, 0.3) is 0 Å². The van der Waals surface area contributed by atoms with E-state index in [1.807, 2.05) is 0 Å². The number of rotatable bonds is 8. The zero-order valence-electron chi connectivity index (χ0n) is 30.5. The van der Waals surface area contributed by atoms with E-state index in [0.29, 0.717) is 19.8 Å². The molecule has 1 spiro atoms. The van der Waals surface area contributed by atoms with Crippen molar-refractivity contribution in [3.63, 3.8) is 0 Å². The van der Waals surface area contributed by atoms with Crippen LogP contribution in [0.5, 0.6) is 11.5 Å². The normalized spacial score (nSPS) is 24.8. The quantitative estimate of drug-likeness (QED) is 0.118. The third kappa shape index (κ3) is 9.58. The fraction of sp³-hybridized carbons (Fsp3) is 0.676. The van der Waals surface area contributed by atoms with Gasteiger partial charge in [0.2, 0.25) is 0 Å². The molecule has 0 amide bonds. The molecule has 2 aromatic carbocycles. The van der Waals surface area contributed by atoms with Crippen molar-refractivity contribution in [3.05, 3.63) is 58.7 Å². The molecule has 9 heteroatoms. The van der Waals surface area contributed by atoms with E-state index in [0.717, 1.165) is 29.9 Å². The average Bonchev–Trinajstić information content (AvgIpc) is 2.94. The van der Waals surface area contributed by atoms with Crippen molar-refractivity contribution in [1.82, 2.24) is 0 Å². The Morgan fingerprint density at radius 1 is 0.674 bits per heavy atom. The van der Waals surface area contributed by atoms with Crippen LogP contribution >= 0.6 is 17.2 Å². The third-order valence-corrected chi connectivity index (χ3v) is 12.7. The predicted molar refractivity (Wildman–Crippen MR) is 188 cm³/mol. The van der Waals surface area contributed by atoms with Gasteiger partial charge in [-0.15, -0.1) is 0 Å². The monoisotopic (exact) mass is 787 g/mol. The van der Waals surface area contributed by atoms with Gasteiger partial charge in [0.05, 0.1) is 0 Å². The summed E-state index contributed by atoms with van der Waals surface area (Å²) >= 11 is 0.214. The van der Waals surface area contributed by atoms with Crippen LogP contribution in [0.2, 0.25) is 0 Å². The Bertz CT molecular complexity index is 1300. The first-order chi connectivity index (χ1) is 21.2. The van der Waals surface area contributed by atoms with Crippen LogP contribution in [-0.2, 0) is 39.8 Å². The Morgan fingerprint density at radius 3 is 1.52 bits per heavy atom. The first-order valence-corrected chi connectivity index (χ1v) is 22.4. The van der Waals surface area contributed by atoms with Crippen LogP contribution in [-0.4, -0.2) is 35.3 Å². The van der Waals surface area contributed by atoms with Gasteiger partial charge in [-0.05, 0) is 11.0 Å². The molecule has 2 aliphatic heterocycles. The van der Waals surface area contributed by atoms with Crippen LogP contribution in [0.25, 0.3) is 0 Å². The first-order valence-electron chi connectivity index (χ1n) is 16.5. The van der Waals surface area contributed by atoms with Gasteiger partial charge in [-0.2, -0.15) is 0 Å². The zero-order chi connectivity index (χ0) is 34.1. The maximum atomic E-state index is 6.70. The Hall–Kier alpha value is -0.530. The van der Waals surface area contributed by atoms with Gasteiger partial charge in [0, 0.05) is 0 Å². The van der Waals surface area contributed by atoms with Crippen LogP contribution in [0, 0.1) is 5.41 Å². The summed E-state index contributed by atoms with van der Waals surface area (Å²) in [6.07, 6.45) is 1.97. The van der Waals surface area contributed by atoms with Gasteiger partial charge >= 0.3 is 221 Å². The van der Waals surface area contributed by atoms with E-state index in [1.54, 1.807) is 0 Å². The number of alkyl halides is 2. The molecule has 46 heavy (non-hydrogen) atoms. The van der Waals surface area contributed by atoms with Crippen LogP contribution < -0.4 is 30.3 Å². The minimum atomic E-state index is -1.57. The zero-order valence-corrected chi connectivity index (χ0v) is 34.5. The van der Waals surface area contributed by atoms with Crippen molar-refractivity contribution >= 4 is 17.2 Å². The van der Waals surface area contributed by atoms with E-state index < -0.39 is 22.6 Å². The minimum absolute atomic E-state index is 0.0510. The van der Waals surface area contributed by atoms with E-state index in [-0.39, 0.29) is 49.0 Å². The molecule has 0 aromatic heterocycles. The summed E-state index contributed by atoms with van der Waals surface area (Å²) in [5.41, 5.74) is 4.43. The number of hydrogen-bond donors (Lipinski definition) is 0. The van der Waals surface area contributed by atoms with Crippen molar-refractivity contribution < 1.29 is 48.3 Å². The van der Waals surface area contributed by atoms with Gasteiger partial charge in [-0.1, -0.05) is 62.3 Å². The van der Waals surface area contributed by atoms with E-state index in [2.05, 4.69) is 124 Å². The molecular weight excluding hydrogens is 729 g/mol. The molecule has 2 unspecified atom stereocenters.